The Morgan fingerprint density at radius 2 is 1.86 bits per heavy atom. The Morgan fingerprint density at radius 1 is 1.23 bits per heavy atom. The maximum atomic E-state index is 12.0. The van der Waals surface area contributed by atoms with E-state index in [0.29, 0.717) is 31.9 Å². The van der Waals surface area contributed by atoms with Gasteiger partial charge in [0.15, 0.2) is 5.69 Å². The summed E-state index contributed by atoms with van der Waals surface area (Å²) < 4.78 is 5.33. The summed E-state index contributed by atoms with van der Waals surface area (Å²) in [6.45, 7) is 7.44. The fourth-order valence-corrected chi connectivity index (χ4v) is 2.19. The van der Waals surface area contributed by atoms with Gasteiger partial charge >= 0.3 is 12.1 Å². The van der Waals surface area contributed by atoms with Crippen molar-refractivity contribution in [2.45, 2.75) is 26.4 Å². The molecule has 22 heavy (non-hydrogen) atoms. The number of hydrogen-bond acceptors (Lipinski definition) is 6. The van der Waals surface area contributed by atoms with Crippen LogP contribution >= 0.6 is 0 Å². The lowest BCUT2D eigenvalue weighted by molar-refractivity contribution is 0.0240. The van der Waals surface area contributed by atoms with E-state index < -0.39 is 11.6 Å². The second kappa shape index (κ2) is 6.17. The molecule has 1 aromatic rings. The van der Waals surface area contributed by atoms with Gasteiger partial charge < -0.3 is 19.6 Å². The lowest BCUT2D eigenvalue weighted by atomic mass is 10.2. The van der Waals surface area contributed by atoms with Crippen LogP contribution in [-0.4, -0.2) is 64.0 Å². The van der Waals surface area contributed by atoms with Crippen LogP contribution in [0.25, 0.3) is 0 Å². The fraction of sp³-hybridized carbons (Fsp3) is 0.571. The molecule has 0 saturated carbocycles. The molecule has 0 aromatic carbocycles. The minimum absolute atomic E-state index is 0.0757. The highest BCUT2D eigenvalue weighted by Crippen LogP contribution is 2.20. The first-order valence-electron chi connectivity index (χ1n) is 7.06. The number of carboxylic acids is 1. The zero-order chi connectivity index (χ0) is 16.3. The van der Waals surface area contributed by atoms with Crippen molar-refractivity contribution >= 4 is 17.7 Å². The topological polar surface area (TPSA) is 95.9 Å². The molecule has 0 radical (unpaired) electrons. The zero-order valence-electron chi connectivity index (χ0n) is 12.9. The number of rotatable bonds is 2. The number of anilines is 1. The Morgan fingerprint density at radius 3 is 2.41 bits per heavy atom. The summed E-state index contributed by atoms with van der Waals surface area (Å²) in [4.78, 5) is 26.7. The lowest BCUT2D eigenvalue weighted by Gasteiger charge is -2.36. The summed E-state index contributed by atoms with van der Waals surface area (Å²) in [5.74, 6) is -1.11. The minimum atomic E-state index is -1.11. The van der Waals surface area contributed by atoms with Crippen LogP contribution in [0.4, 0.5) is 10.5 Å². The molecule has 0 spiro atoms. The van der Waals surface area contributed by atoms with Crippen LogP contribution in [0.1, 0.15) is 31.3 Å². The number of carboxylic acid groups (broad SMARTS) is 1. The van der Waals surface area contributed by atoms with Crippen LogP contribution in [0.15, 0.2) is 12.3 Å². The van der Waals surface area contributed by atoms with Crippen molar-refractivity contribution in [3.8, 4) is 0 Å². The summed E-state index contributed by atoms with van der Waals surface area (Å²) in [5.41, 5.74) is -0.0840. The number of nitrogens with zero attached hydrogens (tertiary/aromatic N) is 4. The standard InChI is InChI=1S/C14H20N4O4/c1-14(2,3)22-13(21)18-8-6-17(7-9-18)10-4-5-15-16-11(10)12(19)20/h4-5H,6-9H2,1-3H3,(H,19,20). The molecular weight excluding hydrogens is 288 g/mol. The molecule has 1 aliphatic rings. The Kier molecular flexibility index (Phi) is 4.48. The Labute approximate surface area is 128 Å². The number of aromatic carboxylic acids is 1. The highest BCUT2D eigenvalue weighted by atomic mass is 16.6. The van der Waals surface area contributed by atoms with E-state index in [1.165, 1.54) is 6.20 Å². The maximum absolute atomic E-state index is 12.0. The summed E-state index contributed by atoms with van der Waals surface area (Å²) in [7, 11) is 0. The van der Waals surface area contributed by atoms with E-state index in [9.17, 15) is 9.59 Å². The zero-order valence-corrected chi connectivity index (χ0v) is 12.9. The van der Waals surface area contributed by atoms with Crippen molar-refractivity contribution in [1.29, 1.82) is 0 Å². The summed E-state index contributed by atoms with van der Waals surface area (Å²) in [5, 5.41) is 16.4. The second-order valence-electron chi connectivity index (χ2n) is 6.02. The highest BCUT2D eigenvalue weighted by molar-refractivity contribution is 5.91. The van der Waals surface area contributed by atoms with Gasteiger partial charge in [-0.25, -0.2) is 9.59 Å². The molecule has 1 fully saturated rings. The molecule has 0 aliphatic carbocycles. The van der Waals surface area contributed by atoms with Crippen LogP contribution < -0.4 is 4.90 Å². The average molecular weight is 308 g/mol. The number of carbonyl (C=O) groups excluding carboxylic acids is 1. The molecule has 1 saturated heterocycles. The van der Waals surface area contributed by atoms with Gasteiger partial charge in [0, 0.05) is 26.2 Å². The van der Waals surface area contributed by atoms with Crippen molar-refractivity contribution in [1.82, 2.24) is 15.1 Å². The Bertz CT molecular complexity index is 562. The average Bonchev–Trinajstić information content (AvgIpc) is 2.45. The van der Waals surface area contributed by atoms with Gasteiger partial charge in [0.25, 0.3) is 0 Å². The summed E-state index contributed by atoms with van der Waals surface area (Å²) in [6.07, 6.45) is 1.11. The Balaban J connectivity index is 2.01. The Hall–Kier alpha value is -2.38. The molecule has 120 valence electrons. The molecule has 1 amide bonds. The molecule has 8 heteroatoms. The van der Waals surface area contributed by atoms with E-state index in [1.807, 2.05) is 25.7 Å². The number of aromatic nitrogens is 2. The van der Waals surface area contributed by atoms with Crippen molar-refractivity contribution in [2.75, 3.05) is 31.1 Å². The molecule has 8 nitrogen and oxygen atoms in total. The highest BCUT2D eigenvalue weighted by Gasteiger charge is 2.27. The molecule has 0 atom stereocenters. The number of piperazine rings is 1. The number of amides is 1. The third-order valence-electron chi connectivity index (χ3n) is 3.17. The molecule has 2 heterocycles. The van der Waals surface area contributed by atoms with Gasteiger partial charge in [-0.05, 0) is 26.8 Å². The van der Waals surface area contributed by atoms with E-state index in [2.05, 4.69) is 10.2 Å². The minimum Gasteiger partial charge on any atom is -0.476 e. The van der Waals surface area contributed by atoms with Crippen LogP contribution in [0.5, 0.6) is 0 Å². The van der Waals surface area contributed by atoms with Crippen molar-refractivity contribution in [2.24, 2.45) is 0 Å². The molecular formula is C14H20N4O4. The van der Waals surface area contributed by atoms with E-state index in [1.54, 1.807) is 11.0 Å². The normalized spacial score (nSPS) is 15.6. The molecule has 1 aromatic heterocycles. The molecule has 1 N–H and O–H groups in total. The summed E-state index contributed by atoms with van der Waals surface area (Å²) in [6, 6.07) is 1.62. The third-order valence-corrected chi connectivity index (χ3v) is 3.17. The largest absolute Gasteiger partial charge is 0.476 e. The van der Waals surface area contributed by atoms with E-state index in [0.717, 1.165) is 0 Å². The van der Waals surface area contributed by atoms with Crippen LogP contribution in [-0.2, 0) is 4.74 Å². The second-order valence-corrected chi connectivity index (χ2v) is 6.02. The van der Waals surface area contributed by atoms with Gasteiger partial charge in [-0.15, -0.1) is 5.10 Å². The first-order valence-corrected chi connectivity index (χ1v) is 7.06. The van der Waals surface area contributed by atoms with Gasteiger partial charge in [0.1, 0.15) is 5.60 Å². The van der Waals surface area contributed by atoms with E-state index in [-0.39, 0.29) is 11.8 Å². The third kappa shape index (κ3) is 3.84. The fourth-order valence-electron chi connectivity index (χ4n) is 2.19. The van der Waals surface area contributed by atoms with Gasteiger partial charge in [-0.3, -0.25) is 0 Å². The van der Waals surface area contributed by atoms with Gasteiger partial charge in [0.05, 0.1) is 11.9 Å². The lowest BCUT2D eigenvalue weighted by Crippen LogP contribution is -2.50. The quantitative estimate of drug-likeness (QED) is 0.877. The summed E-state index contributed by atoms with van der Waals surface area (Å²) >= 11 is 0. The van der Waals surface area contributed by atoms with Crippen LogP contribution in [0.3, 0.4) is 0 Å². The maximum Gasteiger partial charge on any atom is 0.410 e. The van der Waals surface area contributed by atoms with Crippen molar-refractivity contribution in [3.63, 3.8) is 0 Å². The van der Waals surface area contributed by atoms with Gasteiger partial charge in [-0.1, -0.05) is 0 Å². The predicted molar refractivity (Wildman–Crippen MR) is 79.0 cm³/mol. The van der Waals surface area contributed by atoms with Crippen LogP contribution in [0, 0.1) is 0 Å². The SMILES string of the molecule is CC(C)(C)OC(=O)N1CCN(c2ccnnc2C(=O)O)CC1. The van der Waals surface area contributed by atoms with E-state index in [4.69, 9.17) is 9.84 Å². The first-order chi connectivity index (χ1) is 10.3. The van der Waals surface area contributed by atoms with Crippen molar-refractivity contribution in [3.05, 3.63) is 18.0 Å². The monoisotopic (exact) mass is 308 g/mol. The number of carbonyl (C=O) groups is 2. The number of hydrogen-bond donors (Lipinski definition) is 1. The van der Waals surface area contributed by atoms with Gasteiger partial charge in [0.2, 0.25) is 0 Å². The number of ether oxygens (including phenoxy) is 1. The molecule has 2 rings (SSSR count). The first kappa shape index (κ1) is 16.0. The van der Waals surface area contributed by atoms with Crippen LogP contribution in [0.2, 0.25) is 0 Å². The van der Waals surface area contributed by atoms with Gasteiger partial charge in [-0.2, -0.15) is 5.10 Å². The molecule has 0 bridgehead atoms. The predicted octanol–water partition coefficient (Wildman–Crippen LogP) is 1.23. The molecule has 0 unspecified atom stereocenters. The smallest absolute Gasteiger partial charge is 0.410 e. The van der Waals surface area contributed by atoms with Crippen molar-refractivity contribution < 1.29 is 19.4 Å². The van der Waals surface area contributed by atoms with E-state index >= 15 is 0 Å². The molecule has 1 aliphatic heterocycles.